The van der Waals surface area contributed by atoms with E-state index in [1.165, 1.54) is 0 Å². The highest BCUT2D eigenvalue weighted by molar-refractivity contribution is 7.98. The highest BCUT2D eigenvalue weighted by atomic mass is 32.2. The minimum absolute atomic E-state index is 0.247. The van der Waals surface area contributed by atoms with E-state index in [9.17, 15) is 4.79 Å². The standard InChI is InChI=1S/C10H21NO2S/c1-9(2)11(6-4-8-14-3)7-5-10(12)13/h9H,4-8H2,1-3H3,(H,12,13). The van der Waals surface area contributed by atoms with Crippen LogP contribution in [0.4, 0.5) is 0 Å². The van der Waals surface area contributed by atoms with Crippen molar-refractivity contribution in [3.05, 3.63) is 0 Å². The Morgan fingerprint density at radius 2 is 2.07 bits per heavy atom. The van der Waals surface area contributed by atoms with Crippen molar-refractivity contribution in [1.82, 2.24) is 4.90 Å². The van der Waals surface area contributed by atoms with Crippen LogP contribution < -0.4 is 0 Å². The summed E-state index contributed by atoms with van der Waals surface area (Å²) in [5.41, 5.74) is 0. The Kier molecular flexibility index (Phi) is 7.99. The molecule has 0 aliphatic heterocycles. The molecule has 14 heavy (non-hydrogen) atoms. The lowest BCUT2D eigenvalue weighted by Crippen LogP contribution is -2.34. The first-order valence-electron chi connectivity index (χ1n) is 5.02. The summed E-state index contributed by atoms with van der Waals surface area (Å²) in [7, 11) is 0. The SMILES string of the molecule is CSCCCN(CCC(=O)O)C(C)C. The number of carbonyl (C=O) groups is 1. The normalized spacial score (nSPS) is 11.2. The molecule has 0 saturated carbocycles. The Morgan fingerprint density at radius 3 is 2.50 bits per heavy atom. The lowest BCUT2D eigenvalue weighted by molar-refractivity contribution is -0.137. The van der Waals surface area contributed by atoms with E-state index in [2.05, 4.69) is 25.0 Å². The third-order valence-corrected chi connectivity index (χ3v) is 2.83. The van der Waals surface area contributed by atoms with Gasteiger partial charge in [-0.1, -0.05) is 0 Å². The molecule has 0 rings (SSSR count). The smallest absolute Gasteiger partial charge is 0.304 e. The van der Waals surface area contributed by atoms with Crippen molar-refractivity contribution in [1.29, 1.82) is 0 Å². The lowest BCUT2D eigenvalue weighted by atomic mass is 10.2. The minimum atomic E-state index is -0.708. The van der Waals surface area contributed by atoms with Crippen LogP contribution in [0.25, 0.3) is 0 Å². The van der Waals surface area contributed by atoms with Crippen LogP contribution in [0.5, 0.6) is 0 Å². The summed E-state index contributed by atoms with van der Waals surface area (Å²) in [5.74, 6) is 0.441. The van der Waals surface area contributed by atoms with Crippen molar-refractivity contribution in [2.24, 2.45) is 0 Å². The van der Waals surface area contributed by atoms with E-state index >= 15 is 0 Å². The van der Waals surface area contributed by atoms with Gasteiger partial charge in [0.05, 0.1) is 6.42 Å². The summed E-state index contributed by atoms with van der Waals surface area (Å²) in [6.07, 6.45) is 3.48. The molecule has 84 valence electrons. The molecule has 3 nitrogen and oxygen atoms in total. The fourth-order valence-electron chi connectivity index (χ4n) is 1.28. The highest BCUT2D eigenvalue weighted by Gasteiger charge is 2.10. The summed E-state index contributed by atoms with van der Waals surface area (Å²) in [6.45, 7) is 5.90. The molecule has 0 spiro atoms. The maximum absolute atomic E-state index is 10.4. The number of hydrogen-bond donors (Lipinski definition) is 1. The predicted octanol–water partition coefficient (Wildman–Crippen LogP) is 1.92. The van der Waals surface area contributed by atoms with Crippen molar-refractivity contribution in [3.8, 4) is 0 Å². The van der Waals surface area contributed by atoms with Gasteiger partial charge >= 0.3 is 5.97 Å². The van der Waals surface area contributed by atoms with Crippen LogP contribution in [-0.2, 0) is 4.79 Å². The van der Waals surface area contributed by atoms with E-state index in [0.717, 1.165) is 18.7 Å². The monoisotopic (exact) mass is 219 g/mol. The van der Waals surface area contributed by atoms with Gasteiger partial charge in [-0.3, -0.25) is 4.79 Å². The van der Waals surface area contributed by atoms with E-state index in [1.807, 2.05) is 11.8 Å². The Balaban J connectivity index is 3.72. The van der Waals surface area contributed by atoms with Gasteiger partial charge in [0, 0.05) is 12.6 Å². The molecule has 0 radical (unpaired) electrons. The van der Waals surface area contributed by atoms with E-state index in [1.54, 1.807) is 0 Å². The third-order valence-electron chi connectivity index (χ3n) is 2.14. The van der Waals surface area contributed by atoms with Gasteiger partial charge in [-0.25, -0.2) is 0 Å². The summed E-state index contributed by atoms with van der Waals surface area (Å²) in [5, 5.41) is 8.58. The van der Waals surface area contributed by atoms with Crippen LogP contribution in [0.3, 0.4) is 0 Å². The molecule has 0 aliphatic rings. The summed E-state index contributed by atoms with van der Waals surface area (Å²) in [4.78, 5) is 12.7. The fourth-order valence-corrected chi connectivity index (χ4v) is 1.70. The van der Waals surface area contributed by atoms with Crippen LogP contribution in [0, 0.1) is 0 Å². The van der Waals surface area contributed by atoms with Gasteiger partial charge in [0.15, 0.2) is 0 Å². The first-order chi connectivity index (χ1) is 6.57. The van der Waals surface area contributed by atoms with Gasteiger partial charge in [-0.05, 0) is 38.8 Å². The number of hydrogen-bond acceptors (Lipinski definition) is 3. The second kappa shape index (κ2) is 8.12. The van der Waals surface area contributed by atoms with E-state index in [0.29, 0.717) is 12.6 Å². The van der Waals surface area contributed by atoms with Gasteiger partial charge < -0.3 is 10.0 Å². The molecule has 0 unspecified atom stereocenters. The van der Waals surface area contributed by atoms with Crippen LogP contribution in [-0.4, -0.2) is 47.1 Å². The Hall–Kier alpha value is -0.220. The molecule has 0 fully saturated rings. The van der Waals surface area contributed by atoms with Gasteiger partial charge in [-0.2, -0.15) is 11.8 Å². The Morgan fingerprint density at radius 1 is 1.43 bits per heavy atom. The number of carboxylic acids is 1. The summed E-state index contributed by atoms with van der Waals surface area (Å²) < 4.78 is 0. The fraction of sp³-hybridized carbons (Fsp3) is 0.900. The molecule has 1 N–H and O–H groups in total. The van der Waals surface area contributed by atoms with E-state index in [4.69, 9.17) is 5.11 Å². The Labute approximate surface area is 90.9 Å². The molecular weight excluding hydrogens is 198 g/mol. The molecule has 0 aliphatic carbocycles. The van der Waals surface area contributed by atoms with Crippen LogP contribution in [0.15, 0.2) is 0 Å². The maximum atomic E-state index is 10.4. The highest BCUT2D eigenvalue weighted by Crippen LogP contribution is 2.04. The maximum Gasteiger partial charge on any atom is 0.304 e. The number of carboxylic acid groups (broad SMARTS) is 1. The van der Waals surface area contributed by atoms with Crippen LogP contribution >= 0.6 is 11.8 Å². The number of thioether (sulfide) groups is 1. The average molecular weight is 219 g/mol. The van der Waals surface area contributed by atoms with Crippen molar-refractivity contribution in [2.75, 3.05) is 25.1 Å². The van der Waals surface area contributed by atoms with Crippen LogP contribution in [0.1, 0.15) is 26.7 Å². The van der Waals surface area contributed by atoms with Crippen LogP contribution in [0.2, 0.25) is 0 Å². The molecular formula is C10H21NO2S. The molecule has 0 saturated heterocycles. The van der Waals surface area contributed by atoms with Crippen molar-refractivity contribution < 1.29 is 9.90 Å². The number of aliphatic carboxylic acids is 1. The summed E-state index contributed by atoms with van der Waals surface area (Å²) in [6, 6.07) is 0.441. The van der Waals surface area contributed by atoms with Gasteiger partial charge in [0.25, 0.3) is 0 Å². The minimum Gasteiger partial charge on any atom is -0.481 e. The molecule has 0 heterocycles. The zero-order chi connectivity index (χ0) is 11.0. The van der Waals surface area contributed by atoms with Crippen molar-refractivity contribution >= 4 is 17.7 Å². The van der Waals surface area contributed by atoms with Gasteiger partial charge in [-0.15, -0.1) is 0 Å². The molecule has 0 aromatic heterocycles. The molecule has 0 bridgehead atoms. The quantitative estimate of drug-likeness (QED) is 0.633. The molecule has 0 atom stereocenters. The number of rotatable bonds is 8. The topological polar surface area (TPSA) is 40.5 Å². The van der Waals surface area contributed by atoms with Gasteiger partial charge in [0.1, 0.15) is 0 Å². The Bertz CT molecular complexity index is 162. The number of nitrogens with zero attached hydrogens (tertiary/aromatic N) is 1. The van der Waals surface area contributed by atoms with Gasteiger partial charge in [0.2, 0.25) is 0 Å². The second-order valence-electron chi connectivity index (χ2n) is 3.62. The summed E-state index contributed by atoms with van der Waals surface area (Å²) >= 11 is 1.84. The molecule has 4 heteroatoms. The lowest BCUT2D eigenvalue weighted by Gasteiger charge is -2.25. The third kappa shape index (κ3) is 7.21. The largest absolute Gasteiger partial charge is 0.481 e. The average Bonchev–Trinajstić information content (AvgIpc) is 2.10. The molecule has 0 amide bonds. The van der Waals surface area contributed by atoms with E-state index < -0.39 is 5.97 Å². The van der Waals surface area contributed by atoms with Crippen molar-refractivity contribution in [2.45, 2.75) is 32.7 Å². The first-order valence-corrected chi connectivity index (χ1v) is 6.42. The predicted molar refractivity (Wildman–Crippen MR) is 62.0 cm³/mol. The second-order valence-corrected chi connectivity index (χ2v) is 4.61. The van der Waals surface area contributed by atoms with E-state index in [-0.39, 0.29) is 6.42 Å². The molecule has 0 aromatic carbocycles. The van der Waals surface area contributed by atoms with Crippen molar-refractivity contribution in [3.63, 3.8) is 0 Å². The zero-order valence-electron chi connectivity index (χ0n) is 9.32. The zero-order valence-corrected chi connectivity index (χ0v) is 10.1. The first kappa shape index (κ1) is 13.8. The molecule has 0 aromatic rings.